The van der Waals surface area contributed by atoms with Crippen LogP contribution >= 0.6 is 34.9 Å². The Morgan fingerprint density at radius 1 is 1.42 bits per heavy atom. The number of thiophene rings is 2. The highest BCUT2D eigenvalue weighted by atomic mass is 32.2. The fourth-order valence-corrected chi connectivity index (χ4v) is 4.83. The molecule has 2 heterocycles. The third-order valence-corrected chi connectivity index (χ3v) is 6.67. The van der Waals surface area contributed by atoms with Crippen molar-refractivity contribution in [3.63, 3.8) is 0 Å². The zero-order valence-electron chi connectivity index (χ0n) is 9.99. The smallest absolute Gasteiger partial charge is 0.250 e. The molecular weight excluding hydrogens is 320 g/mol. The molecule has 0 fully saturated rings. The number of nitrogens with one attached hydrogen (secondary N) is 1. The van der Waals surface area contributed by atoms with Crippen LogP contribution in [-0.4, -0.2) is 13.4 Å². The van der Waals surface area contributed by atoms with E-state index in [2.05, 4.69) is 4.72 Å². The van der Waals surface area contributed by atoms with E-state index in [0.29, 0.717) is 4.88 Å². The molecule has 0 radical (unpaired) electrons. The van der Waals surface area contributed by atoms with E-state index in [9.17, 15) is 8.42 Å². The van der Waals surface area contributed by atoms with Crippen LogP contribution in [0.5, 0.6) is 0 Å². The van der Waals surface area contributed by atoms with E-state index in [1.165, 1.54) is 17.4 Å². The Balaban J connectivity index is 2.20. The first-order valence-electron chi connectivity index (χ1n) is 5.34. The Kier molecular flexibility index (Phi) is 4.36. The van der Waals surface area contributed by atoms with Crippen LogP contribution < -0.4 is 10.5 Å². The average Bonchev–Trinajstić information content (AvgIpc) is 3.00. The zero-order chi connectivity index (χ0) is 14.0. The second-order valence-corrected chi connectivity index (χ2v) is 8.13. The van der Waals surface area contributed by atoms with E-state index < -0.39 is 10.0 Å². The van der Waals surface area contributed by atoms with E-state index in [4.69, 9.17) is 18.0 Å². The van der Waals surface area contributed by atoms with Gasteiger partial charge in [0.2, 0.25) is 0 Å². The van der Waals surface area contributed by atoms with Gasteiger partial charge >= 0.3 is 0 Å². The van der Waals surface area contributed by atoms with Crippen molar-refractivity contribution in [1.82, 2.24) is 4.72 Å². The van der Waals surface area contributed by atoms with Gasteiger partial charge in [0.1, 0.15) is 9.20 Å². The summed E-state index contributed by atoms with van der Waals surface area (Å²) in [5.41, 5.74) is 6.42. The lowest BCUT2D eigenvalue weighted by Crippen LogP contribution is -2.25. The number of nitrogens with two attached hydrogens (primary N) is 1. The molecule has 19 heavy (non-hydrogen) atoms. The summed E-state index contributed by atoms with van der Waals surface area (Å²) in [5.74, 6) is 0. The van der Waals surface area contributed by atoms with Gasteiger partial charge in [-0.1, -0.05) is 12.2 Å². The summed E-state index contributed by atoms with van der Waals surface area (Å²) in [5, 5.41) is 3.83. The molecule has 8 heteroatoms. The minimum atomic E-state index is -3.54. The van der Waals surface area contributed by atoms with Gasteiger partial charge < -0.3 is 5.73 Å². The maximum atomic E-state index is 12.2. The summed E-state index contributed by atoms with van der Waals surface area (Å²) in [6, 6.07) is 4.76. The normalized spacial score (nSPS) is 13.3. The summed E-state index contributed by atoms with van der Waals surface area (Å²) in [4.78, 5) is 0.802. The second kappa shape index (κ2) is 5.68. The predicted octanol–water partition coefficient (Wildman–Crippen LogP) is 2.48. The lowest BCUT2D eigenvalue weighted by atomic mass is 10.2. The molecule has 1 atom stereocenters. The first-order chi connectivity index (χ1) is 8.90. The number of thiocarbonyl (C=S) groups is 1. The Hall–Kier alpha value is -0.800. The SMILES string of the molecule is CC(NS(=O)(=O)c1ccc(C(N)=S)s1)c1ccsc1. The summed E-state index contributed by atoms with van der Waals surface area (Å²) in [7, 11) is -3.54. The molecule has 0 aliphatic heterocycles. The molecule has 2 rings (SSSR count). The summed E-state index contributed by atoms with van der Waals surface area (Å²) < 4.78 is 27.2. The minimum absolute atomic E-state index is 0.206. The molecule has 0 aliphatic carbocycles. The van der Waals surface area contributed by atoms with Crippen LogP contribution in [-0.2, 0) is 10.0 Å². The quantitative estimate of drug-likeness (QED) is 0.825. The Labute approximate surface area is 125 Å². The van der Waals surface area contributed by atoms with Crippen molar-refractivity contribution in [1.29, 1.82) is 0 Å². The molecule has 0 saturated heterocycles. The molecule has 3 N–H and O–H groups in total. The van der Waals surface area contributed by atoms with Crippen LogP contribution in [0, 0.1) is 0 Å². The molecule has 102 valence electrons. The minimum Gasteiger partial charge on any atom is -0.389 e. The van der Waals surface area contributed by atoms with Crippen LogP contribution in [0.25, 0.3) is 0 Å². The first-order valence-corrected chi connectivity index (χ1v) is 8.99. The van der Waals surface area contributed by atoms with Crippen molar-refractivity contribution in [2.75, 3.05) is 0 Å². The molecule has 0 aromatic carbocycles. The van der Waals surface area contributed by atoms with Crippen molar-refractivity contribution < 1.29 is 8.42 Å². The van der Waals surface area contributed by atoms with Crippen molar-refractivity contribution >= 4 is 49.9 Å². The maximum Gasteiger partial charge on any atom is 0.250 e. The summed E-state index contributed by atoms with van der Waals surface area (Å²) in [6.07, 6.45) is 0. The Morgan fingerprint density at radius 2 is 2.16 bits per heavy atom. The van der Waals surface area contributed by atoms with E-state index in [-0.39, 0.29) is 15.2 Å². The predicted molar refractivity (Wildman–Crippen MR) is 83.3 cm³/mol. The van der Waals surface area contributed by atoms with Gasteiger partial charge in [-0.25, -0.2) is 13.1 Å². The van der Waals surface area contributed by atoms with Gasteiger partial charge in [-0.2, -0.15) is 11.3 Å². The van der Waals surface area contributed by atoms with Crippen LogP contribution in [0.15, 0.2) is 33.2 Å². The van der Waals surface area contributed by atoms with Crippen molar-refractivity contribution in [2.24, 2.45) is 5.73 Å². The van der Waals surface area contributed by atoms with Gasteiger partial charge in [0.15, 0.2) is 0 Å². The van der Waals surface area contributed by atoms with Gasteiger partial charge in [-0.05, 0) is 41.4 Å². The van der Waals surface area contributed by atoms with Gasteiger partial charge in [0, 0.05) is 6.04 Å². The van der Waals surface area contributed by atoms with Crippen molar-refractivity contribution in [3.05, 3.63) is 39.4 Å². The molecule has 2 aromatic rings. The maximum absolute atomic E-state index is 12.2. The molecular formula is C11H12N2O2S4. The summed E-state index contributed by atoms with van der Waals surface area (Å²) in [6.45, 7) is 1.81. The third-order valence-electron chi connectivity index (χ3n) is 2.46. The van der Waals surface area contributed by atoms with Gasteiger partial charge in [0.05, 0.1) is 4.88 Å². The van der Waals surface area contributed by atoms with Gasteiger partial charge in [-0.15, -0.1) is 11.3 Å². The van der Waals surface area contributed by atoms with Crippen molar-refractivity contribution in [2.45, 2.75) is 17.2 Å². The molecule has 2 aromatic heterocycles. The number of sulfonamides is 1. The number of hydrogen-bond donors (Lipinski definition) is 2. The first kappa shape index (κ1) is 14.6. The third kappa shape index (κ3) is 3.40. The van der Waals surface area contributed by atoms with E-state index in [1.807, 2.05) is 23.8 Å². The molecule has 1 unspecified atom stereocenters. The lowest BCUT2D eigenvalue weighted by Gasteiger charge is -2.11. The zero-order valence-corrected chi connectivity index (χ0v) is 13.3. The fourth-order valence-electron chi connectivity index (χ4n) is 1.48. The average molecular weight is 332 g/mol. The van der Waals surface area contributed by atoms with Crippen LogP contribution in [0.3, 0.4) is 0 Å². The van der Waals surface area contributed by atoms with E-state index in [1.54, 1.807) is 6.07 Å². The monoisotopic (exact) mass is 332 g/mol. The highest BCUT2D eigenvalue weighted by molar-refractivity contribution is 7.91. The second-order valence-electron chi connectivity index (χ2n) is 3.88. The Morgan fingerprint density at radius 3 is 2.68 bits per heavy atom. The van der Waals surface area contributed by atoms with Crippen LogP contribution in [0.1, 0.15) is 23.4 Å². The topological polar surface area (TPSA) is 72.2 Å². The molecule has 4 nitrogen and oxygen atoms in total. The van der Waals surface area contributed by atoms with E-state index >= 15 is 0 Å². The fraction of sp³-hybridized carbons (Fsp3) is 0.182. The molecule has 0 amide bonds. The molecule has 0 spiro atoms. The lowest BCUT2D eigenvalue weighted by molar-refractivity contribution is 0.569. The largest absolute Gasteiger partial charge is 0.389 e. The van der Waals surface area contributed by atoms with Crippen LogP contribution in [0.2, 0.25) is 0 Å². The number of hydrogen-bond acceptors (Lipinski definition) is 5. The van der Waals surface area contributed by atoms with Gasteiger partial charge in [-0.3, -0.25) is 0 Å². The van der Waals surface area contributed by atoms with Crippen LogP contribution in [0.4, 0.5) is 0 Å². The standard InChI is InChI=1S/C11H12N2O2S4/c1-7(8-4-5-17-6-8)13-19(14,15)10-3-2-9(18-10)11(12)16/h2-7,13H,1H3,(H2,12,16). The molecule has 0 bridgehead atoms. The highest BCUT2D eigenvalue weighted by Gasteiger charge is 2.21. The Bertz CT molecular complexity index is 673. The molecule has 0 aliphatic rings. The summed E-state index contributed by atoms with van der Waals surface area (Å²) >= 11 is 7.43. The highest BCUT2D eigenvalue weighted by Crippen LogP contribution is 2.24. The van der Waals surface area contributed by atoms with E-state index in [0.717, 1.165) is 16.9 Å². The number of rotatable bonds is 5. The molecule has 0 saturated carbocycles. The van der Waals surface area contributed by atoms with Crippen molar-refractivity contribution in [3.8, 4) is 0 Å². The van der Waals surface area contributed by atoms with Gasteiger partial charge in [0.25, 0.3) is 10.0 Å².